The summed E-state index contributed by atoms with van der Waals surface area (Å²) in [6, 6.07) is 12.3. The Bertz CT molecular complexity index is 664. The van der Waals surface area contributed by atoms with E-state index < -0.39 is 6.10 Å². The van der Waals surface area contributed by atoms with Crippen LogP contribution in [0.5, 0.6) is 5.75 Å². The highest BCUT2D eigenvalue weighted by molar-refractivity contribution is 5.47. The molecular formula is C18H19FO2. The number of benzene rings is 2. The highest BCUT2D eigenvalue weighted by atomic mass is 19.1. The minimum Gasteiger partial charge on any atom is -0.487 e. The zero-order chi connectivity index (χ0) is 15.0. The van der Waals surface area contributed by atoms with Crippen LogP contribution in [0.2, 0.25) is 0 Å². The topological polar surface area (TPSA) is 29.5 Å². The maximum atomic E-state index is 13.7. The van der Waals surface area contributed by atoms with Crippen molar-refractivity contribution in [2.45, 2.75) is 38.4 Å². The van der Waals surface area contributed by atoms with Crippen LogP contribution >= 0.6 is 0 Å². The predicted octanol–water partition coefficient (Wildman–Crippen LogP) is 3.82. The van der Waals surface area contributed by atoms with E-state index >= 15 is 0 Å². The molecule has 1 aliphatic rings. The van der Waals surface area contributed by atoms with Gasteiger partial charge in [0.25, 0.3) is 0 Å². The summed E-state index contributed by atoms with van der Waals surface area (Å²) in [6.07, 6.45) is 0.293. The lowest BCUT2D eigenvalue weighted by Crippen LogP contribution is -2.25. The van der Waals surface area contributed by atoms with Crippen LogP contribution in [0.15, 0.2) is 42.5 Å². The summed E-state index contributed by atoms with van der Waals surface area (Å²) in [5.41, 5.74) is 2.10. The average Bonchev–Trinajstić information content (AvgIpc) is 2.74. The van der Waals surface area contributed by atoms with Crippen molar-refractivity contribution in [2.75, 3.05) is 0 Å². The SMILES string of the molecule is CC1(C)Cc2cccc(C(O)Cc3ccccc3F)c2O1. The molecule has 110 valence electrons. The number of para-hydroxylation sites is 1. The lowest BCUT2D eigenvalue weighted by Gasteiger charge is -2.20. The Hall–Kier alpha value is -1.87. The third kappa shape index (κ3) is 2.79. The van der Waals surface area contributed by atoms with Crippen molar-refractivity contribution in [3.8, 4) is 5.75 Å². The summed E-state index contributed by atoms with van der Waals surface area (Å²) >= 11 is 0. The first-order valence-electron chi connectivity index (χ1n) is 7.18. The van der Waals surface area contributed by atoms with Gasteiger partial charge in [0, 0.05) is 18.4 Å². The molecule has 0 saturated heterocycles. The Morgan fingerprint density at radius 2 is 1.95 bits per heavy atom. The van der Waals surface area contributed by atoms with Crippen molar-refractivity contribution >= 4 is 0 Å². The number of fused-ring (bicyclic) bond motifs is 1. The lowest BCUT2D eigenvalue weighted by molar-refractivity contribution is 0.126. The number of aliphatic hydroxyl groups excluding tert-OH is 1. The first kappa shape index (κ1) is 14.1. The van der Waals surface area contributed by atoms with Crippen LogP contribution < -0.4 is 4.74 Å². The average molecular weight is 286 g/mol. The second-order valence-corrected chi connectivity index (χ2v) is 6.19. The summed E-state index contributed by atoms with van der Waals surface area (Å²) in [5.74, 6) is 0.469. The zero-order valence-electron chi connectivity index (χ0n) is 12.3. The molecule has 1 heterocycles. The van der Waals surface area contributed by atoms with Gasteiger partial charge in [-0.2, -0.15) is 0 Å². The van der Waals surface area contributed by atoms with E-state index in [9.17, 15) is 9.50 Å². The van der Waals surface area contributed by atoms with Gasteiger partial charge in [-0.3, -0.25) is 0 Å². The van der Waals surface area contributed by atoms with Crippen molar-refractivity contribution in [3.63, 3.8) is 0 Å². The maximum Gasteiger partial charge on any atom is 0.129 e. The Labute approximate surface area is 124 Å². The molecule has 0 fully saturated rings. The highest BCUT2D eigenvalue weighted by Crippen LogP contribution is 2.40. The second kappa shape index (κ2) is 5.15. The Balaban J connectivity index is 1.89. The van der Waals surface area contributed by atoms with Crippen molar-refractivity contribution in [1.29, 1.82) is 0 Å². The zero-order valence-corrected chi connectivity index (χ0v) is 12.3. The van der Waals surface area contributed by atoms with Crippen LogP contribution in [0.4, 0.5) is 4.39 Å². The molecule has 1 atom stereocenters. The molecule has 1 unspecified atom stereocenters. The fraction of sp³-hybridized carbons (Fsp3) is 0.333. The van der Waals surface area contributed by atoms with Crippen molar-refractivity contribution in [1.82, 2.24) is 0 Å². The van der Waals surface area contributed by atoms with Gasteiger partial charge in [0.05, 0.1) is 6.10 Å². The number of hydrogen-bond acceptors (Lipinski definition) is 2. The van der Waals surface area contributed by atoms with Crippen LogP contribution in [-0.4, -0.2) is 10.7 Å². The molecule has 0 aliphatic carbocycles. The quantitative estimate of drug-likeness (QED) is 0.929. The molecule has 1 N–H and O–H groups in total. The normalized spacial score (nSPS) is 17.1. The van der Waals surface area contributed by atoms with Gasteiger partial charge >= 0.3 is 0 Å². The van der Waals surface area contributed by atoms with E-state index in [-0.39, 0.29) is 17.8 Å². The van der Waals surface area contributed by atoms with Gasteiger partial charge in [0.1, 0.15) is 17.2 Å². The van der Waals surface area contributed by atoms with Crippen LogP contribution in [0.3, 0.4) is 0 Å². The van der Waals surface area contributed by atoms with Gasteiger partial charge in [0.15, 0.2) is 0 Å². The van der Waals surface area contributed by atoms with Gasteiger partial charge in [-0.15, -0.1) is 0 Å². The van der Waals surface area contributed by atoms with Crippen LogP contribution in [-0.2, 0) is 12.8 Å². The fourth-order valence-corrected chi connectivity index (χ4v) is 2.88. The minimum absolute atomic E-state index is 0.243. The van der Waals surface area contributed by atoms with E-state index in [1.54, 1.807) is 18.2 Å². The van der Waals surface area contributed by atoms with Gasteiger partial charge in [-0.1, -0.05) is 36.4 Å². The predicted molar refractivity (Wildman–Crippen MR) is 79.9 cm³/mol. The molecule has 2 nitrogen and oxygen atoms in total. The summed E-state index contributed by atoms with van der Waals surface area (Å²) in [4.78, 5) is 0. The lowest BCUT2D eigenvalue weighted by atomic mass is 9.96. The van der Waals surface area contributed by atoms with Gasteiger partial charge in [0.2, 0.25) is 0 Å². The van der Waals surface area contributed by atoms with Crippen molar-refractivity contribution < 1.29 is 14.2 Å². The molecule has 0 radical (unpaired) electrons. The van der Waals surface area contributed by atoms with E-state index in [4.69, 9.17) is 4.74 Å². The summed E-state index contributed by atoms with van der Waals surface area (Å²) in [5, 5.41) is 10.5. The monoisotopic (exact) mass is 286 g/mol. The van der Waals surface area contributed by atoms with Gasteiger partial charge < -0.3 is 9.84 Å². The number of halogens is 1. The summed E-state index contributed by atoms with van der Waals surface area (Å²) in [6.45, 7) is 4.06. The third-order valence-electron chi connectivity index (χ3n) is 3.85. The molecule has 21 heavy (non-hydrogen) atoms. The Kier molecular flexibility index (Phi) is 3.46. The number of ether oxygens (including phenoxy) is 1. The molecule has 2 aromatic carbocycles. The van der Waals surface area contributed by atoms with E-state index in [0.29, 0.717) is 5.56 Å². The molecule has 2 aromatic rings. The molecule has 0 aromatic heterocycles. The van der Waals surface area contributed by atoms with Crippen LogP contribution in [0.1, 0.15) is 36.6 Å². The smallest absolute Gasteiger partial charge is 0.129 e. The summed E-state index contributed by atoms with van der Waals surface area (Å²) in [7, 11) is 0. The van der Waals surface area contributed by atoms with Gasteiger partial charge in [-0.05, 0) is 31.0 Å². The highest BCUT2D eigenvalue weighted by Gasteiger charge is 2.33. The molecule has 0 amide bonds. The molecule has 3 heteroatoms. The first-order valence-corrected chi connectivity index (χ1v) is 7.18. The molecule has 0 bridgehead atoms. The molecular weight excluding hydrogens is 267 g/mol. The van der Waals surface area contributed by atoms with E-state index in [2.05, 4.69) is 0 Å². The fourth-order valence-electron chi connectivity index (χ4n) is 2.88. The Morgan fingerprint density at radius 1 is 1.19 bits per heavy atom. The van der Waals surface area contributed by atoms with Crippen LogP contribution in [0.25, 0.3) is 0 Å². The van der Waals surface area contributed by atoms with E-state index in [1.807, 2.05) is 32.0 Å². The van der Waals surface area contributed by atoms with Crippen molar-refractivity contribution in [3.05, 3.63) is 65.0 Å². The van der Waals surface area contributed by atoms with E-state index in [0.717, 1.165) is 23.3 Å². The van der Waals surface area contributed by atoms with E-state index in [1.165, 1.54) is 6.07 Å². The number of aliphatic hydroxyl groups is 1. The molecule has 1 aliphatic heterocycles. The summed E-state index contributed by atoms with van der Waals surface area (Å²) < 4.78 is 19.7. The molecule has 0 saturated carbocycles. The molecule has 0 spiro atoms. The van der Waals surface area contributed by atoms with Crippen molar-refractivity contribution in [2.24, 2.45) is 0 Å². The number of rotatable bonds is 3. The minimum atomic E-state index is -0.772. The number of hydrogen-bond donors (Lipinski definition) is 1. The second-order valence-electron chi connectivity index (χ2n) is 6.19. The third-order valence-corrected chi connectivity index (χ3v) is 3.85. The first-order chi connectivity index (χ1) is 9.96. The standard InChI is InChI=1S/C18H19FO2/c1-18(2)11-13-7-5-8-14(17(13)21-18)16(20)10-12-6-3-4-9-15(12)19/h3-9,16,20H,10-11H2,1-2H3. The molecule has 3 rings (SSSR count). The largest absolute Gasteiger partial charge is 0.487 e. The van der Waals surface area contributed by atoms with Crippen LogP contribution in [0, 0.1) is 5.82 Å². The Morgan fingerprint density at radius 3 is 2.71 bits per heavy atom. The van der Waals surface area contributed by atoms with Gasteiger partial charge in [-0.25, -0.2) is 4.39 Å². The maximum absolute atomic E-state index is 13.7.